The molecule has 1 aliphatic rings. The largest absolute Gasteiger partial charge is 0.394 e. The lowest BCUT2D eigenvalue weighted by Gasteiger charge is -2.33. The van der Waals surface area contributed by atoms with Crippen molar-refractivity contribution in [2.45, 2.75) is 18.9 Å². The van der Waals surface area contributed by atoms with Crippen LogP contribution in [0.4, 0.5) is 5.69 Å². The van der Waals surface area contributed by atoms with Crippen molar-refractivity contribution in [3.63, 3.8) is 0 Å². The van der Waals surface area contributed by atoms with Gasteiger partial charge in [-0.25, -0.2) is 0 Å². The fraction of sp³-hybridized carbons (Fsp3) is 0.538. The fourth-order valence-corrected chi connectivity index (χ4v) is 2.14. The van der Waals surface area contributed by atoms with Crippen LogP contribution in [0, 0.1) is 0 Å². The van der Waals surface area contributed by atoms with E-state index in [9.17, 15) is 0 Å². The number of nitrogens with zero attached hydrogens (tertiary/aromatic N) is 1. The quantitative estimate of drug-likeness (QED) is 0.839. The molecule has 0 spiro atoms. The summed E-state index contributed by atoms with van der Waals surface area (Å²) in [7, 11) is 0. The first-order valence-corrected chi connectivity index (χ1v) is 5.92. The molecule has 3 heteroatoms. The van der Waals surface area contributed by atoms with Crippen molar-refractivity contribution >= 4 is 5.69 Å². The Hall–Kier alpha value is -1.06. The molecule has 3 nitrogen and oxygen atoms in total. The molecule has 0 radical (unpaired) electrons. The third-order valence-electron chi connectivity index (χ3n) is 3.01. The number of aliphatic hydroxyl groups excluding tert-OH is 1. The van der Waals surface area contributed by atoms with E-state index in [4.69, 9.17) is 9.84 Å². The average Bonchev–Trinajstić information content (AvgIpc) is 2.38. The van der Waals surface area contributed by atoms with Crippen molar-refractivity contribution in [3.05, 3.63) is 30.3 Å². The Labute approximate surface area is 96.6 Å². The van der Waals surface area contributed by atoms with Gasteiger partial charge in [-0.3, -0.25) is 0 Å². The Morgan fingerprint density at radius 3 is 2.50 bits per heavy atom. The van der Waals surface area contributed by atoms with E-state index in [0.717, 1.165) is 25.9 Å². The van der Waals surface area contributed by atoms with Crippen LogP contribution >= 0.6 is 0 Å². The maximum Gasteiger partial charge on any atom is 0.0701 e. The maximum atomic E-state index is 8.69. The summed E-state index contributed by atoms with van der Waals surface area (Å²) in [4.78, 5) is 2.39. The Morgan fingerprint density at radius 1 is 1.19 bits per heavy atom. The van der Waals surface area contributed by atoms with Gasteiger partial charge in [0.2, 0.25) is 0 Å². The number of piperidine rings is 1. The summed E-state index contributed by atoms with van der Waals surface area (Å²) in [6.45, 7) is 2.68. The van der Waals surface area contributed by atoms with E-state index < -0.39 is 0 Å². The van der Waals surface area contributed by atoms with Crippen molar-refractivity contribution in [1.82, 2.24) is 0 Å². The lowest BCUT2D eigenvalue weighted by Crippen LogP contribution is -2.37. The molecule has 0 unspecified atom stereocenters. The van der Waals surface area contributed by atoms with Gasteiger partial charge < -0.3 is 14.7 Å². The number of benzene rings is 1. The van der Waals surface area contributed by atoms with Crippen LogP contribution in [0.15, 0.2) is 30.3 Å². The second-order valence-electron chi connectivity index (χ2n) is 4.12. The molecule has 1 aromatic rings. The van der Waals surface area contributed by atoms with Crippen LogP contribution in [0.5, 0.6) is 0 Å². The Morgan fingerprint density at radius 2 is 1.88 bits per heavy atom. The molecule has 0 bridgehead atoms. The normalized spacial score (nSPS) is 17.7. The zero-order chi connectivity index (χ0) is 11.2. The van der Waals surface area contributed by atoms with Gasteiger partial charge in [-0.05, 0) is 25.0 Å². The molecule has 1 aromatic carbocycles. The van der Waals surface area contributed by atoms with E-state index in [1.807, 2.05) is 6.07 Å². The minimum Gasteiger partial charge on any atom is -0.394 e. The molecule has 88 valence electrons. The predicted octanol–water partition coefficient (Wildman–Crippen LogP) is 1.66. The molecule has 0 saturated carbocycles. The number of hydrogen-bond acceptors (Lipinski definition) is 3. The highest BCUT2D eigenvalue weighted by molar-refractivity contribution is 5.46. The zero-order valence-corrected chi connectivity index (χ0v) is 9.51. The molecule has 1 heterocycles. The summed E-state index contributed by atoms with van der Waals surface area (Å²) >= 11 is 0. The van der Waals surface area contributed by atoms with Crippen molar-refractivity contribution in [2.24, 2.45) is 0 Å². The van der Waals surface area contributed by atoms with Crippen LogP contribution in [0.2, 0.25) is 0 Å². The lowest BCUT2D eigenvalue weighted by molar-refractivity contribution is 0.0159. The second-order valence-corrected chi connectivity index (χ2v) is 4.12. The van der Waals surface area contributed by atoms with Gasteiger partial charge in [-0.1, -0.05) is 18.2 Å². The lowest BCUT2D eigenvalue weighted by atomic mass is 10.1. The molecular weight excluding hydrogens is 202 g/mol. The minimum absolute atomic E-state index is 0.124. The van der Waals surface area contributed by atoms with Gasteiger partial charge in [0.25, 0.3) is 0 Å². The summed E-state index contributed by atoms with van der Waals surface area (Å²) in [6.07, 6.45) is 2.43. The van der Waals surface area contributed by atoms with Crippen molar-refractivity contribution in [2.75, 3.05) is 31.2 Å². The smallest absolute Gasteiger partial charge is 0.0701 e. The average molecular weight is 221 g/mol. The SMILES string of the molecule is OCCOC1CCN(c2ccccc2)CC1. The van der Waals surface area contributed by atoms with Gasteiger partial charge in [0.15, 0.2) is 0 Å². The van der Waals surface area contributed by atoms with Gasteiger partial charge in [-0.15, -0.1) is 0 Å². The molecule has 1 saturated heterocycles. The number of rotatable bonds is 4. The molecule has 0 atom stereocenters. The van der Waals surface area contributed by atoms with E-state index in [-0.39, 0.29) is 6.61 Å². The Kier molecular flexibility index (Phi) is 4.19. The van der Waals surface area contributed by atoms with Gasteiger partial charge in [-0.2, -0.15) is 0 Å². The van der Waals surface area contributed by atoms with Crippen molar-refractivity contribution in [3.8, 4) is 0 Å². The topological polar surface area (TPSA) is 32.7 Å². The van der Waals surface area contributed by atoms with Crippen LogP contribution < -0.4 is 4.90 Å². The van der Waals surface area contributed by atoms with E-state index in [1.165, 1.54) is 5.69 Å². The standard InChI is InChI=1S/C13H19NO2/c15-10-11-16-13-6-8-14(9-7-13)12-4-2-1-3-5-12/h1-5,13,15H,6-11H2. The summed E-state index contributed by atoms with van der Waals surface area (Å²) in [5.74, 6) is 0. The van der Waals surface area contributed by atoms with Crippen LogP contribution in [0.1, 0.15) is 12.8 Å². The highest BCUT2D eigenvalue weighted by Gasteiger charge is 2.19. The maximum absolute atomic E-state index is 8.69. The van der Waals surface area contributed by atoms with Crippen LogP contribution in [0.25, 0.3) is 0 Å². The molecule has 0 aromatic heterocycles. The number of ether oxygens (including phenoxy) is 1. The van der Waals surface area contributed by atoms with Crippen molar-refractivity contribution < 1.29 is 9.84 Å². The molecule has 16 heavy (non-hydrogen) atoms. The molecule has 1 aliphatic heterocycles. The zero-order valence-electron chi connectivity index (χ0n) is 9.51. The first kappa shape index (κ1) is 11.4. The Balaban J connectivity index is 1.81. The first-order valence-electron chi connectivity index (χ1n) is 5.92. The van der Waals surface area contributed by atoms with E-state index in [0.29, 0.717) is 12.7 Å². The molecular formula is C13H19NO2. The fourth-order valence-electron chi connectivity index (χ4n) is 2.14. The molecule has 0 aliphatic carbocycles. The second kappa shape index (κ2) is 5.87. The van der Waals surface area contributed by atoms with Crippen LogP contribution in [-0.2, 0) is 4.74 Å². The number of aliphatic hydroxyl groups is 1. The third-order valence-corrected chi connectivity index (χ3v) is 3.01. The van der Waals surface area contributed by atoms with Crippen LogP contribution in [0.3, 0.4) is 0 Å². The predicted molar refractivity (Wildman–Crippen MR) is 64.7 cm³/mol. The highest BCUT2D eigenvalue weighted by atomic mass is 16.5. The minimum atomic E-state index is 0.124. The monoisotopic (exact) mass is 221 g/mol. The van der Waals surface area contributed by atoms with Crippen LogP contribution in [-0.4, -0.2) is 37.5 Å². The van der Waals surface area contributed by atoms with E-state index in [1.54, 1.807) is 0 Å². The molecule has 1 N–H and O–H groups in total. The summed E-state index contributed by atoms with van der Waals surface area (Å²) in [5.41, 5.74) is 1.29. The van der Waals surface area contributed by atoms with Crippen molar-refractivity contribution in [1.29, 1.82) is 0 Å². The first-order chi connectivity index (χ1) is 7.90. The van der Waals surface area contributed by atoms with Gasteiger partial charge in [0, 0.05) is 18.8 Å². The molecule has 2 rings (SSSR count). The highest BCUT2D eigenvalue weighted by Crippen LogP contribution is 2.20. The number of hydrogen-bond donors (Lipinski definition) is 1. The summed E-state index contributed by atoms with van der Waals surface area (Å²) < 4.78 is 5.54. The summed E-state index contributed by atoms with van der Waals surface area (Å²) in [6, 6.07) is 10.5. The molecule has 1 fully saturated rings. The number of para-hydroxylation sites is 1. The van der Waals surface area contributed by atoms with Gasteiger partial charge >= 0.3 is 0 Å². The third kappa shape index (κ3) is 2.97. The van der Waals surface area contributed by atoms with E-state index >= 15 is 0 Å². The van der Waals surface area contributed by atoms with E-state index in [2.05, 4.69) is 29.2 Å². The summed E-state index contributed by atoms with van der Waals surface area (Å²) in [5, 5.41) is 8.69. The number of anilines is 1. The molecule has 0 amide bonds. The Bertz CT molecular complexity index is 294. The van der Waals surface area contributed by atoms with Gasteiger partial charge in [0.05, 0.1) is 19.3 Å². The van der Waals surface area contributed by atoms with Gasteiger partial charge in [0.1, 0.15) is 0 Å².